The van der Waals surface area contributed by atoms with Gasteiger partial charge in [-0.1, -0.05) is 0 Å². The van der Waals surface area contributed by atoms with Gasteiger partial charge < -0.3 is 14.2 Å². The lowest BCUT2D eigenvalue weighted by molar-refractivity contribution is 0.0105. The number of methoxy groups -OCH3 is 2. The van der Waals surface area contributed by atoms with E-state index in [1.165, 1.54) is 0 Å². The number of hydrazine groups is 1. The molecular weight excluding hydrogens is 314 g/mol. The Hall–Kier alpha value is -1.67. The SMILES string of the molecule is COc1ccc(-c2cnc(CNN3CCOCC3)s2)c(OC)c1. The number of nitrogens with zero attached hydrogens (tertiary/aromatic N) is 2. The molecule has 124 valence electrons. The molecule has 0 spiro atoms. The molecule has 6 nitrogen and oxygen atoms in total. The number of thiazole rings is 1. The Kier molecular flexibility index (Phi) is 5.45. The Morgan fingerprint density at radius 1 is 1.26 bits per heavy atom. The molecule has 1 fully saturated rings. The maximum absolute atomic E-state index is 5.47. The summed E-state index contributed by atoms with van der Waals surface area (Å²) in [4.78, 5) is 5.59. The quantitative estimate of drug-likeness (QED) is 0.873. The minimum atomic E-state index is 0.725. The summed E-state index contributed by atoms with van der Waals surface area (Å²) in [5, 5.41) is 3.22. The number of nitrogens with one attached hydrogen (secondary N) is 1. The van der Waals surface area contributed by atoms with Crippen LogP contribution < -0.4 is 14.9 Å². The second-order valence-corrected chi connectivity index (χ2v) is 6.23. The summed E-state index contributed by atoms with van der Waals surface area (Å²) in [6, 6.07) is 5.83. The number of aromatic nitrogens is 1. The molecule has 0 aliphatic carbocycles. The standard InChI is InChI=1S/C16H21N3O3S/c1-20-12-3-4-13(14(9-12)21-2)15-10-17-16(23-15)11-18-19-5-7-22-8-6-19/h3-4,9-10,18H,5-8,11H2,1-2H3. The van der Waals surface area contributed by atoms with Gasteiger partial charge in [0.05, 0.1) is 38.9 Å². The Morgan fingerprint density at radius 2 is 2.09 bits per heavy atom. The number of hydrogen-bond donors (Lipinski definition) is 1. The van der Waals surface area contributed by atoms with Crippen molar-refractivity contribution in [3.8, 4) is 21.9 Å². The molecule has 3 rings (SSSR count). The van der Waals surface area contributed by atoms with Crippen LogP contribution in [0.2, 0.25) is 0 Å². The van der Waals surface area contributed by atoms with Crippen molar-refractivity contribution in [2.24, 2.45) is 0 Å². The minimum absolute atomic E-state index is 0.725. The van der Waals surface area contributed by atoms with Gasteiger partial charge in [0.2, 0.25) is 0 Å². The van der Waals surface area contributed by atoms with Gasteiger partial charge >= 0.3 is 0 Å². The average molecular weight is 335 g/mol. The molecule has 0 atom stereocenters. The smallest absolute Gasteiger partial charge is 0.131 e. The van der Waals surface area contributed by atoms with Gasteiger partial charge in [-0.2, -0.15) is 0 Å². The lowest BCUT2D eigenvalue weighted by Gasteiger charge is -2.26. The monoisotopic (exact) mass is 335 g/mol. The van der Waals surface area contributed by atoms with Crippen LogP contribution in [-0.2, 0) is 11.3 Å². The van der Waals surface area contributed by atoms with Crippen molar-refractivity contribution in [1.29, 1.82) is 0 Å². The Balaban J connectivity index is 1.68. The second kappa shape index (κ2) is 7.74. The number of rotatable bonds is 6. The first kappa shape index (κ1) is 16.2. The largest absolute Gasteiger partial charge is 0.497 e. The van der Waals surface area contributed by atoms with Crippen LogP contribution in [0.4, 0.5) is 0 Å². The van der Waals surface area contributed by atoms with Gasteiger partial charge in [-0.15, -0.1) is 11.3 Å². The summed E-state index contributed by atoms with van der Waals surface area (Å²) >= 11 is 1.67. The minimum Gasteiger partial charge on any atom is -0.497 e. The highest BCUT2D eigenvalue weighted by Gasteiger charge is 2.13. The molecule has 1 aromatic carbocycles. The lowest BCUT2D eigenvalue weighted by Crippen LogP contribution is -2.45. The third-order valence-electron chi connectivity index (χ3n) is 3.69. The van der Waals surface area contributed by atoms with E-state index in [4.69, 9.17) is 14.2 Å². The number of ether oxygens (including phenoxy) is 3. The topological polar surface area (TPSA) is 55.9 Å². The highest BCUT2D eigenvalue weighted by Crippen LogP contribution is 2.36. The lowest BCUT2D eigenvalue weighted by atomic mass is 10.1. The van der Waals surface area contributed by atoms with Crippen LogP contribution in [0.25, 0.3) is 10.4 Å². The fourth-order valence-electron chi connectivity index (χ4n) is 2.42. The number of morpholine rings is 1. The number of hydrogen-bond acceptors (Lipinski definition) is 7. The van der Waals surface area contributed by atoms with Gasteiger partial charge in [0.25, 0.3) is 0 Å². The van der Waals surface area contributed by atoms with Crippen LogP contribution in [0.15, 0.2) is 24.4 Å². The van der Waals surface area contributed by atoms with Gasteiger partial charge in [0.1, 0.15) is 16.5 Å². The summed E-state index contributed by atoms with van der Waals surface area (Å²) in [5.41, 5.74) is 4.43. The average Bonchev–Trinajstić information content (AvgIpc) is 3.09. The maximum atomic E-state index is 5.47. The van der Waals surface area contributed by atoms with Gasteiger partial charge in [-0.05, 0) is 12.1 Å². The fraction of sp³-hybridized carbons (Fsp3) is 0.438. The van der Waals surface area contributed by atoms with Crippen LogP contribution in [0.5, 0.6) is 11.5 Å². The van der Waals surface area contributed by atoms with E-state index in [-0.39, 0.29) is 0 Å². The summed E-state index contributed by atoms with van der Waals surface area (Å²) in [5.74, 6) is 1.57. The van der Waals surface area contributed by atoms with Gasteiger partial charge in [-0.25, -0.2) is 15.4 Å². The third kappa shape index (κ3) is 4.00. The molecule has 0 unspecified atom stereocenters. The first-order chi connectivity index (χ1) is 11.3. The zero-order valence-corrected chi connectivity index (χ0v) is 14.2. The van der Waals surface area contributed by atoms with Gasteiger partial charge in [-0.3, -0.25) is 0 Å². The molecular formula is C16H21N3O3S. The molecule has 0 radical (unpaired) electrons. The van der Waals surface area contributed by atoms with Crippen molar-refractivity contribution in [2.45, 2.75) is 6.54 Å². The highest BCUT2D eigenvalue weighted by atomic mass is 32.1. The highest BCUT2D eigenvalue weighted by molar-refractivity contribution is 7.15. The molecule has 0 bridgehead atoms. The Labute approximate surface area is 140 Å². The van der Waals surface area contributed by atoms with Crippen LogP contribution in [0.3, 0.4) is 0 Å². The molecule has 1 aromatic heterocycles. The Bertz CT molecular complexity index is 641. The zero-order chi connectivity index (χ0) is 16.1. The van der Waals surface area contributed by atoms with Crippen LogP contribution in [-0.4, -0.2) is 50.5 Å². The van der Waals surface area contributed by atoms with E-state index in [2.05, 4.69) is 15.4 Å². The molecule has 0 saturated carbocycles. The van der Waals surface area contributed by atoms with Crippen molar-refractivity contribution in [1.82, 2.24) is 15.4 Å². The second-order valence-electron chi connectivity index (χ2n) is 5.12. The normalized spacial score (nSPS) is 15.6. The molecule has 23 heavy (non-hydrogen) atoms. The third-order valence-corrected chi connectivity index (χ3v) is 4.72. The molecule has 1 N–H and O–H groups in total. The summed E-state index contributed by atoms with van der Waals surface area (Å²) in [6.07, 6.45) is 1.89. The molecule has 2 heterocycles. The molecule has 7 heteroatoms. The van der Waals surface area contributed by atoms with Crippen molar-refractivity contribution < 1.29 is 14.2 Å². The van der Waals surface area contributed by atoms with E-state index < -0.39 is 0 Å². The van der Waals surface area contributed by atoms with Crippen LogP contribution in [0.1, 0.15) is 5.01 Å². The van der Waals surface area contributed by atoms with Crippen LogP contribution in [0, 0.1) is 0 Å². The first-order valence-electron chi connectivity index (χ1n) is 7.53. The van der Waals surface area contributed by atoms with Gasteiger partial charge in [0.15, 0.2) is 0 Å². The van der Waals surface area contributed by atoms with E-state index in [1.54, 1.807) is 25.6 Å². The van der Waals surface area contributed by atoms with E-state index in [0.717, 1.165) is 59.8 Å². The summed E-state index contributed by atoms with van der Waals surface area (Å²) in [7, 11) is 3.32. The van der Waals surface area contributed by atoms with Crippen molar-refractivity contribution in [3.05, 3.63) is 29.4 Å². The Morgan fingerprint density at radius 3 is 2.83 bits per heavy atom. The predicted molar refractivity (Wildman–Crippen MR) is 89.9 cm³/mol. The van der Waals surface area contributed by atoms with E-state index in [1.807, 2.05) is 24.4 Å². The number of benzene rings is 1. The van der Waals surface area contributed by atoms with Crippen molar-refractivity contribution in [2.75, 3.05) is 40.5 Å². The fourth-order valence-corrected chi connectivity index (χ4v) is 3.30. The van der Waals surface area contributed by atoms with E-state index in [0.29, 0.717) is 0 Å². The molecule has 1 aliphatic rings. The molecule has 1 saturated heterocycles. The molecule has 1 aliphatic heterocycles. The molecule has 0 amide bonds. The predicted octanol–water partition coefficient (Wildman–Crippen LogP) is 2.16. The van der Waals surface area contributed by atoms with Crippen molar-refractivity contribution >= 4 is 11.3 Å². The zero-order valence-electron chi connectivity index (χ0n) is 13.4. The van der Waals surface area contributed by atoms with Gasteiger partial charge in [0, 0.05) is 30.9 Å². The van der Waals surface area contributed by atoms with Crippen LogP contribution >= 0.6 is 11.3 Å². The summed E-state index contributed by atoms with van der Waals surface area (Å²) < 4.78 is 16.0. The molecule has 2 aromatic rings. The van der Waals surface area contributed by atoms with Crippen molar-refractivity contribution in [3.63, 3.8) is 0 Å². The maximum Gasteiger partial charge on any atom is 0.131 e. The van der Waals surface area contributed by atoms with E-state index in [9.17, 15) is 0 Å². The van der Waals surface area contributed by atoms with E-state index >= 15 is 0 Å². The summed E-state index contributed by atoms with van der Waals surface area (Å²) in [6.45, 7) is 4.09. The first-order valence-corrected chi connectivity index (χ1v) is 8.35.